The lowest BCUT2D eigenvalue weighted by atomic mass is 9.94. The number of aliphatic hydroxyl groups is 5. The molecule has 39 heavy (non-hydrogen) atoms. The molecule has 0 unspecified atom stereocenters. The molecule has 0 bridgehead atoms. The summed E-state index contributed by atoms with van der Waals surface area (Å²) in [7, 11) is 0. The summed E-state index contributed by atoms with van der Waals surface area (Å²) >= 11 is 0. The lowest BCUT2D eigenvalue weighted by Gasteiger charge is -2.48. The van der Waals surface area contributed by atoms with Crippen LogP contribution in [0, 0.1) is 0 Å². The number of rotatable bonds is 9. The molecule has 2 heterocycles. The van der Waals surface area contributed by atoms with Gasteiger partial charge in [-0.3, -0.25) is 14.4 Å². The number of carbonyl (C=O) groups excluding carboxylic acids is 3. The zero-order valence-electron chi connectivity index (χ0n) is 21.5. The first kappa shape index (κ1) is 30.6. The molecule has 1 aromatic carbocycles. The predicted molar refractivity (Wildman–Crippen MR) is 134 cm³/mol. The molecule has 10 atom stereocenters. The highest BCUT2D eigenvalue weighted by atomic mass is 16.7. The van der Waals surface area contributed by atoms with E-state index in [1.807, 2.05) is 0 Å². The summed E-state index contributed by atoms with van der Waals surface area (Å²) in [6, 6.07) is 3.85. The van der Waals surface area contributed by atoms with Crippen LogP contribution in [0.1, 0.15) is 29.8 Å². The van der Waals surface area contributed by atoms with E-state index >= 15 is 0 Å². The molecule has 2 saturated heterocycles. The van der Waals surface area contributed by atoms with Crippen LogP contribution in [0.25, 0.3) is 6.08 Å². The van der Waals surface area contributed by atoms with Crippen LogP contribution < -0.4 is 16.0 Å². The van der Waals surface area contributed by atoms with Gasteiger partial charge < -0.3 is 55.7 Å². The molecule has 3 amide bonds. The van der Waals surface area contributed by atoms with Crippen LogP contribution in [-0.2, 0) is 23.8 Å². The third kappa shape index (κ3) is 7.17. The molecule has 0 aromatic heterocycles. The third-order valence-corrected chi connectivity index (χ3v) is 6.49. The molecule has 0 radical (unpaired) electrons. The van der Waals surface area contributed by atoms with E-state index in [0.717, 1.165) is 12.5 Å². The van der Waals surface area contributed by atoms with Crippen molar-refractivity contribution in [1.82, 2.24) is 16.0 Å². The topological polar surface area (TPSA) is 216 Å². The first-order valence-corrected chi connectivity index (χ1v) is 12.3. The summed E-state index contributed by atoms with van der Waals surface area (Å²) in [5, 5.41) is 59.1. The standard InChI is InChI=1S/C25H35N3O11/c1-4-13-5-7-14(8-6-13)23(36)28-24-17(26-11(2)31)21(35)22(16(10-30)37-24)39-25-18(27-12(3)32)20(34)19(33)15(9-29)38-25/h4-8,15-22,24-25,29-30,33-35H,1,9-10H2,2-3H3,(H,26,31)(H,27,32)(H,28,36)/t15-,16-,17-,18-,19-,20-,21-,22-,24-,25+/m1/s1. The Bertz CT molecular complexity index is 1020. The zero-order valence-corrected chi connectivity index (χ0v) is 21.5. The van der Waals surface area contributed by atoms with Gasteiger partial charge in [-0.25, -0.2) is 0 Å². The van der Waals surface area contributed by atoms with Gasteiger partial charge in [0.1, 0.15) is 48.7 Å². The van der Waals surface area contributed by atoms with Gasteiger partial charge in [0, 0.05) is 19.4 Å². The molecule has 2 aliphatic rings. The van der Waals surface area contributed by atoms with Crippen LogP contribution >= 0.6 is 0 Å². The van der Waals surface area contributed by atoms with E-state index in [0.29, 0.717) is 0 Å². The van der Waals surface area contributed by atoms with Crippen LogP contribution in [-0.4, -0.2) is 118 Å². The minimum atomic E-state index is -1.62. The second kappa shape index (κ2) is 13.4. The Labute approximate surface area is 224 Å². The van der Waals surface area contributed by atoms with Crippen LogP contribution in [0.15, 0.2) is 30.8 Å². The van der Waals surface area contributed by atoms with Crippen LogP contribution in [0.2, 0.25) is 0 Å². The molecule has 3 rings (SSSR count). The van der Waals surface area contributed by atoms with E-state index in [1.54, 1.807) is 30.3 Å². The number of hydrogen-bond donors (Lipinski definition) is 8. The van der Waals surface area contributed by atoms with Gasteiger partial charge in [-0.1, -0.05) is 24.8 Å². The molecule has 14 nitrogen and oxygen atoms in total. The fourth-order valence-corrected chi connectivity index (χ4v) is 4.51. The van der Waals surface area contributed by atoms with Gasteiger partial charge >= 0.3 is 0 Å². The minimum Gasteiger partial charge on any atom is -0.394 e. The van der Waals surface area contributed by atoms with Gasteiger partial charge in [-0.15, -0.1) is 0 Å². The van der Waals surface area contributed by atoms with E-state index in [4.69, 9.17) is 14.2 Å². The van der Waals surface area contributed by atoms with E-state index in [2.05, 4.69) is 22.5 Å². The Kier molecular flexibility index (Phi) is 10.5. The highest BCUT2D eigenvalue weighted by Gasteiger charge is 2.51. The van der Waals surface area contributed by atoms with Crippen molar-refractivity contribution in [3.63, 3.8) is 0 Å². The third-order valence-electron chi connectivity index (χ3n) is 6.49. The molecule has 1 aromatic rings. The lowest BCUT2D eigenvalue weighted by Crippen LogP contribution is -2.71. The second-order valence-electron chi connectivity index (χ2n) is 9.33. The maximum atomic E-state index is 12.9. The van der Waals surface area contributed by atoms with Crippen molar-refractivity contribution in [3.8, 4) is 0 Å². The number of benzene rings is 1. The van der Waals surface area contributed by atoms with Crippen LogP contribution in [0.3, 0.4) is 0 Å². The summed E-state index contributed by atoms with van der Waals surface area (Å²) < 4.78 is 17.2. The van der Waals surface area contributed by atoms with E-state index < -0.39 is 92.2 Å². The van der Waals surface area contributed by atoms with Crippen molar-refractivity contribution >= 4 is 23.8 Å². The number of carbonyl (C=O) groups is 3. The average Bonchev–Trinajstić information content (AvgIpc) is 2.91. The Morgan fingerprint density at radius 1 is 0.872 bits per heavy atom. The van der Waals surface area contributed by atoms with Crippen LogP contribution in [0.5, 0.6) is 0 Å². The van der Waals surface area contributed by atoms with Crippen molar-refractivity contribution in [3.05, 3.63) is 42.0 Å². The fraction of sp³-hybridized carbons (Fsp3) is 0.560. The molecule has 0 aliphatic carbocycles. The average molecular weight is 554 g/mol. The maximum Gasteiger partial charge on any atom is 0.253 e. The van der Waals surface area contributed by atoms with Crippen molar-refractivity contribution in [2.24, 2.45) is 0 Å². The van der Waals surface area contributed by atoms with Crippen molar-refractivity contribution in [1.29, 1.82) is 0 Å². The largest absolute Gasteiger partial charge is 0.394 e. The Morgan fingerprint density at radius 2 is 1.46 bits per heavy atom. The molecule has 2 fully saturated rings. The molecular weight excluding hydrogens is 518 g/mol. The van der Waals surface area contributed by atoms with Gasteiger partial charge in [0.2, 0.25) is 11.8 Å². The first-order valence-electron chi connectivity index (χ1n) is 12.3. The van der Waals surface area contributed by atoms with E-state index in [-0.39, 0.29) is 5.56 Å². The van der Waals surface area contributed by atoms with Gasteiger partial charge in [0.05, 0.1) is 13.2 Å². The summed E-state index contributed by atoms with van der Waals surface area (Å²) in [6.07, 6.45) is -10.0. The highest BCUT2D eigenvalue weighted by molar-refractivity contribution is 5.94. The molecule has 216 valence electrons. The van der Waals surface area contributed by atoms with Gasteiger partial charge in [-0.2, -0.15) is 0 Å². The first-order chi connectivity index (χ1) is 18.5. The number of amides is 3. The Balaban J connectivity index is 1.85. The number of hydrogen-bond acceptors (Lipinski definition) is 11. The molecule has 0 saturated carbocycles. The summed E-state index contributed by atoms with van der Waals surface area (Å²) in [5.74, 6) is -1.74. The quantitative estimate of drug-likeness (QED) is 0.154. The maximum absolute atomic E-state index is 12.9. The molecule has 2 aliphatic heterocycles. The SMILES string of the molecule is C=Cc1ccc(C(=O)N[C@@H]2O[C@H](CO)[C@@H](O[C@@H]3O[C@H](CO)[C@@H](O)[C@H](O)[C@H]3NC(C)=O)[C@H](O)[C@H]2NC(C)=O)cc1. The van der Waals surface area contributed by atoms with Crippen molar-refractivity contribution in [2.45, 2.75) is 75.1 Å². The van der Waals surface area contributed by atoms with Crippen molar-refractivity contribution in [2.75, 3.05) is 13.2 Å². The lowest BCUT2D eigenvalue weighted by molar-refractivity contribution is -0.315. The van der Waals surface area contributed by atoms with Gasteiger partial charge in [0.15, 0.2) is 12.5 Å². The molecule has 0 spiro atoms. The minimum absolute atomic E-state index is 0.260. The fourth-order valence-electron chi connectivity index (χ4n) is 4.51. The Hall–Kier alpha value is -2.95. The van der Waals surface area contributed by atoms with Gasteiger partial charge in [0.25, 0.3) is 5.91 Å². The number of aliphatic hydroxyl groups excluding tert-OH is 5. The smallest absolute Gasteiger partial charge is 0.253 e. The van der Waals surface area contributed by atoms with Gasteiger partial charge in [-0.05, 0) is 17.7 Å². The van der Waals surface area contributed by atoms with Crippen molar-refractivity contribution < 1.29 is 54.1 Å². The van der Waals surface area contributed by atoms with E-state index in [9.17, 15) is 39.9 Å². The van der Waals surface area contributed by atoms with E-state index in [1.165, 1.54) is 6.92 Å². The Morgan fingerprint density at radius 3 is 2.00 bits per heavy atom. The molecule has 8 N–H and O–H groups in total. The molecule has 14 heteroatoms. The normalized spacial score (nSPS) is 34.5. The number of ether oxygens (including phenoxy) is 3. The predicted octanol–water partition coefficient (Wildman–Crippen LogP) is -3.03. The summed E-state index contributed by atoms with van der Waals surface area (Å²) in [6.45, 7) is 4.60. The van der Waals surface area contributed by atoms with Crippen LogP contribution in [0.4, 0.5) is 0 Å². The zero-order chi connectivity index (χ0) is 28.9. The second-order valence-corrected chi connectivity index (χ2v) is 9.33. The number of nitrogens with one attached hydrogen (secondary N) is 3. The monoisotopic (exact) mass is 553 g/mol. The molecular formula is C25H35N3O11. The highest BCUT2D eigenvalue weighted by Crippen LogP contribution is 2.29. The summed E-state index contributed by atoms with van der Waals surface area (Å²) in [5.41, 5.74) is 1.05. The summed E-state index contributed by atoms with van der Waals surface area (Å²) in [4.78, 5) is 36.6.